The summed E-state index contributed by atoms with van der Waals surface area (Å²) in [5, 5.41) is 5.51. The molecule has 0 spiro atoms. The number of carbonyl (C=O) groups excluding carboxylic acids is 2. The van der Waals surface area contributed by atoms with Gasteiger partial charge < -0.3 is 10.6 Å². The van der Waals surface area contributed by atoms with Crippen molar-refractivity contribution in [3.63, 3.8) is 0 Å². The fourth-order valence-corrected chi connectivity index (χ4v) is 3.15. The minimum Gasteiger partial charge on any atom is -0.342 e. The zero-order valence-corrected chi connectivity index (χ0v) is 14.1. The number of carbonyl (C=O) groups is 2. The summed E-state index contributed by atoms with van der Waals surface area (Å²) in [6.07, 6.45) is 0. The number of amides is 2. The van der Waals surface area contributed by atoms with E-state index in [2.05, 4.69) is 10.6 Å². The van der Waals surface area contributed by atoms with E-state index in [0.717, 1.165) is 27.3 Å². The van der Waals surface area contributed by atoms with Crippen LogP contribution in [0.1, 0.15) is 31.2 Å². The van der Waals surface area contributed by atoms with Crippen molar-refractivity contribution in [2.24, 2.45) is 0 Å². The molecule has 0 saturated carbocycles. The van der Waals surface area contributed by atoms with Crippen LogP contribution in [0.15, 0.2) is 24.3 Å². The Bertz CT molecular complexity index is 696. The molecule has 1 heterocycles. The number of rotatable bonds is 4. The van der Waals surface area contributed by atoms with E-state index in [1.807, 2.05) is 45.9 Å². The summed E-state index contributed by atoms with van der Waals surface area (Å²) in [6, 6.07) is 7.70. The zero-order valence-electron chi connectivity index (χ0n) is 13.2. The minimum absolute atomic E-state index is 0.0391. The maximum absolute atomic E-state index is 12.0. The Balaban J connectivity index is 1.95. The van der Waals surface area contributed by atoms with E-state index in [-0.39, 0.29) is 18.4 Å². The third kappa shape index (κ3) is 3.95. The summed E-state index contributed by atoms with van der Waals surface area (Å²) in [5.41, 5.74) is 4.02. The van der Waals surface area contributed by atoms with Crippen molar-refractivity contribution in [2.45, 2.75) is 27.7 Å². The molecule has 0 aliphatic carbocycles. The Hall–Kier alpha value is -2.14. The molecule has 0 saturated heterocycles. The van der Waals surface area contributed by atoms with Crippen molar-refractivity contribution in [1.82, 2.24) is 5.32 Å². The maximum atomic E-state index is 12.0. The molecule has 0 bridgehead atoms. The average molecular weight is 316 g/mol. The second-order valence-corrected chi connectivity index (χ2v) is 6.70. The molecule has 4 nitrogen and oxygen atoms in total. The Morgan fingerprint density at radius 2 is 1.68 bits per heavy atom. The lowest BCUT2D eigenvalue weighted by atomic mass is 10.1. The third-order valence-electron chi connectivity index (χ3n) is 3.32. The van der Waals surface area contributed by atoms with Crippen molar-refractivity contribution in [2.75, 3.05) is 11.9 Å². The van der Waals surface area contributed by atoms with Gasteiger partial charge in [0.1, 0.15) is 0 Å². The largest absolute Gasteiger partial charge is 0.342 e. The van der Waals surface area contributed by atoms with Crippen LogP contribution in [0.3, 0.4) is 0 Å². The van der Waals surface area contributed by atoms with Gasteiger partial charge in [0.05, 0.1) is 11.4 Å². The fourth-order valence-electron chi connectivity index (χ4n) is 2.37. The van der Waals surface area contributed by atoms with Gasteiger partial charge in [0.2, 0.25) is 5.91 Å². The molecule has 1 aromatic carbocycles. The summed E-state index contributed by atoms with van der Waals surface area (Å²) in [4.78, 5) is 25.6. The number of hydrogen-bond donors (Lipinski definition) is 2. The highest BCUT2D eigenvalue weighted by Gasteiger charge is 2.12. The number of nitrogens with one attached hydrogen (secondary N) is 2. The van der Waals surface area contributed by atoms with Crippen LogP contribution < -0.4 is 10.6 Å². The molecule has 116 valence electrons. The molecule has 0 radical (unpaired) electrons. The van der Waals surface area contributed by atoms with Crippen LogP contribution in [0.25, 0.3) is 0 Å². The van der Waals surface area contributed by atoms with Gasteiger partial charge in [-0.25, -0.2) is 0 Å². The summed E-state index contributed by atoms with van der Waals surface area (Å²) >= 11 is 1.41. The van der Waals surface area contributed by atoms with Crippen molar-refractivity contribution in [3.05, 3.63) is 50.7 Å². The van der Waals surface area contributed by atoms with Gasteiger partial charge in [0, 0.05) is 10.6 Å². The molecule has 0 fully saturated rings. The monoisotopic (exact) mass is 316 g/mol. The van der Waals surface area contributed by atoms with E-state index < -0.39 is 0 Å². The minimum atomic E-state index is -0.225. The molecule has 2 aromatic rings. The molecule has 0 atom stereocenters. The van der Waals surface area contributed by atoms with E-state index in [1.54, 1.807) is 6.07 Å². The summed E-state index contributed by atoms with van der Waals surface area (Å²) in [7, 11) is 0. The fraction of sp³-hybridized carbons (Fsp3) is 0.294. The Morgan fingerprint density at radius 1 is 1.05 bits per heavy atom. The van der Waals surface area contributed by atoms with E-state index in [9.17, 15) is 9.59 Å². The van der Waals surface area contributed by atoms with Crippen LogP contribution >= 0.6 is 11.3 Å². The van der Waals surface area contributed by atoms with Gasteiger partial charge >= 0.3 is 0 Å². The molecule has 2 rings (SSSR count). The first-order chi connectivity index (χ1) is 10.4. The number of benzene rings is 1. The highest BCUT2D eigenvalue weighted by atomic mass is 32.1. The average Bonchev–Trinajstić information content (AvgIpc) is 2.87. The second kappa shape index (κ2) is 6.75. The van der Waals surface area contributed by atoms with Gasteiger partial charge in [-0.05, 0) is 51.0 Å². The topological polar surface area (TPSA) is 58.2 Å². The molecular weight excluding hydrogens is 296 g/mol. The number of hydrogen-bond acceptors (Lipinski definition) is 3. The number of thiophene rings is 1. The first kappa shape index (κ1) is 16.2. The van der Waals surface area contributed by atoms with Gasteiger partial charge in [-0.3, -0.25) is 9.59 Å². The van der Waals surface area contributed by atoms with Gasteiger partial charge in [-0.2, -0.15) is 0 Å². The van der Waals surface area contributed by atoms with E-state index in [1.165, 1.54) is 11.3 Å². The molecule has 2 amide bonds. The summed E-state index contributed by atoms with van der Waals surface area (Å²) in [5.74, 6) is -0.442. The first-order valence-electron chi connectivity index (χ1n) is 7.09. The predicted molar refractivity (Wildman–Crippen MR) is 90.7 cm³/mol. The second-order valence-electron chi connectivity index (χ2n) is 5.41. The van der Waals surface area contributed by atoms with Crippen molar-refractivity contribution >= 4 is 28.8 Å². The maximum Gasteiger partial charge on any atom is 0.261 e. The lowest BCUT2D eigenvalue weighted by Gasteiger charge is -2.13. The highest BCUT2D eigenvalue weighted by molar-refractivity contribution is 7.13. The van der Waals surface area contributed by atoms with E-state index in [0.29, 0.717) is 4.88 Å². The molecular formula is C17H20N2O2S. The third-order valence-corrected chi connectivity index (χ3v) is 4.31. The van der Waals surface area contributed by atoms with Gasteiger partial charge in [0.15, 0.2) is 0 Å². The number of anilines is 1. The molecule has 0 aliphatic heterocycles. The molecule has 1 aromatic heterocycles. The standard InChI is InChI=1S/C17H20N2O2S/c1-10-7-11(2)16(12(3)8-10)19-15(20)9-18-17(21)14-6-5-13(4)22-14/h5-8H,9H2,1-4H3,(H,18,21)(H,19,20). The van der Waals surface area contributed by atoms with Crippen LogP contribution in [0.4, 0.5) is 5.69 Å². The lowest BCUT2D eigenvalue weighted by Crippen LogP contribution is -2.32. The predicted octanol–water partition coefficient (Wildman–Crippen LogP) is 3.35. The molecule has 2 N–H and O–H groups in total. The van der Waals surface area contributed by atoms with Crippen LogP contribution in [0, 0.1) is 27.7 Å². The Morgan fingerprint density at radius 3 is 2.23 bits per heavy atom. The summed E-state index contributed by atoms with van der Waals surface area (Å²) < 4.78 is 0. The highest BCUT2D eigenvalue weighted by Crippen LogP contribution is 2.21. The van der Waals surface area contributed by atoms with Crippen LogP contribution in [0.2, 0.25) is 0 Å². The van der Waals surface area contributed by atoms with Gasteiger partial charge in [-0.1, -0.05) is 17.7 Å². The first-order valence-corrected chi connectivity index (χ1v) is 7.91. The van der Waals surface area contributed by atoms with Crippen LogP contribution in [-0.4, -0.2) is 18.4 Å². The zero-order chi connectivity index (χ0) is 16.3. The lowest BCUT2D eigenvalue weighted by molar-refractivity contribution is -0.115. The van der Waals surface area contributed by atoms with Gasteiger partial charge in [-0.15, -0.1) is 11.3 Å². The smallest absolute Gasteiger partial charge is 0.261 e. The Kier molecular flexibility index (Phi) is 4.98. The van der Waals surface area contributed by atoms with Crippen molar-refractivity contribution < 1.29 is 9.59 Å². The van der Waals surface area contributed by atoms with Crippen LogP contribution in [0.5, 0.6) is 0 Å². The van der Waals surface area contributed by atoms with Crippen molar-refractivity contribution in [1.29, 1.82) is 0 Å². The SMILES string of the molecule is Cc1cc(C)c(NC(=O)CNC(=O)c2ccc(C)s2)c(C)c1. The van der Waals surface area contributed by atoms with Crippen LogP contribution in [-0.2, 0) is 4.79 Å². The molecule has 5 heteroatoms. The molecule has 0 unspecified atom stereocenters. The summed E-state index contributed by atoms with van der Waals surface area (Å²) in [6.45, 7) is 7.85. The molecule has 0 aliphatic rings. The van der Waals surface area contributed by atoms with Crippen molar-refractivity contribution in [3.8, 4) is 0 Å². The normalized spacial score (nSPS) is 10.4. The number of aryl methyl sites for hydroxylation is 4. The quantitative estimate of drug-likeness (QED) is 0.909. The van der Waals surface area contributed by atoms with E-state index >= 15 is 0 Å². The van der Waals surface area contributed by atoms with E-state index in [4.69, 9.17) is 0 Å². The molecule has 22 heavy (non-hydrogen) atoms. The Labute approximate surface area is 134 Å². The van der Waals surface area contributed by atoms with Gasteiger partial charge in [0.25, 0.3) is 5.91 Å².